The third-order valence-corrected chi connectivity index (χ3v) is 2.61. The molecule has 0 bridgehead atoms. The third kappa shape index (κ3) is 2.95. The van der Waals surface area contributed by atoms with Crippen LogP contribution in [0.5, 0.6) is 6.01 Å². The number of anilines is 1. The third-order valence-electron chi connectivity index (χ3n) is 2.44. The summed E-state index contributed by atoms with van der Waals surface area (Å²) in [6.45, 7) is 4.72. The molecule has 1 aromatic heterocycles. The van der Waals surface area contributed by atoms with Crippen LogP contribution < -0.4 is 10.1 Å². The Kier molecular flexibility index (Phi) is 3.14. The van der Waals surface area contributed by atoms with E-state index in [4.69, 9.17) is 16.3 Å². The van der Waals surface area contributed by atoms with E-state index in [1.54, 1.807) is 0 Å². The van der Waals surface area contributed by atoms with Gasteiger partial charge in [0.25, 0.3) is 0 Å². The van der Waals surface area contributed by atoms with Crippen LogP contribution in [-0.2, 0) is 0 Å². The van der Waals surface area contributed by atoms with Crippen molar-refractivity contribution in [1.82, 2.24) is 15.0 Å². The van der Waals surface area contributed by atoms with E-state index >= 15 is 0 Å². The molecule has 0 unspecified atom stereocenters. The van der Waals surface area contributed by atoms with Gasteiger partial charge in [0.2, 0.25) is 11.2 Å². The molecule has 0 radical (unpaired) electrons. The van der Waals surface area contributed by atoms with Gasteiger partial charge >= 0.3 is 6.01 Å². The highest BCUT2D eigenvalue weighted by Gasteiger charge is 2.38. The number of aromatic nitrogens is 3. The molecule has 16 heavy (non-hydrogen) atoms. The Labute approximate surface area is 99.6 Å². The van der Waals surface area contributed by atoms with E-state index in [-0.39, 0.29) is 16.8 Å². The quantitative estimate of drug-likeness (QED) is 0.858. The first-order chi connectivity index (χ1) is 7.61. The van der Waals surface area contributed by atoms with Gasteiger partial charge in [-0.2, -0.15) is 15.0 Å². The van der Waals surface area contributed by atoms with Gasteiger partial charge in [-0.1, -0.05) is 6.92 Å². The second kappa shape index (κ2) is 4.41. The Morgan fingerprint density at radius 1 is 1.38 bits per heavy atom. The number of ether oxygens (including phenoxy) is 1. The van der Waals surface area contributed by atoms with Crippen molar-refractivity contribution < 1.29 is 4.74 Å². The molecule has 1 aliphatic carbocycles. The van der Waals surface area contributed by atoms with Gasteiger partial charge < -0.3 is 10.1 Å². The molecule has 1 fully saturated rings. The summed E-state index contributed by atoms with van der Waals surface area (Å²) in [6.07, 6.45) is 3.16. The minimum Gasteiger partial charge on any atom is -0.463 e. The average molecular weight is 243 g/mol. The van der Waals surface area contributed by atoms with E-state index in [0.717, 1.165) is 19.3 Å². The molecule has 0 atom stereocenters. The lowest BCUT2D eigenvalue weighted by Crippen LogP contribution is -2.18. The summed E-state index contributed by atoms with van der Waals surface area (Å²) in [5.74, 6) is 0.492. The monoisotopic (exact) mass is 242 g/mol. The van der Waals surface area contributed by atoms with Crippen molar-refractivity contribution in [2.45, 2.75) is 38.6 Å². The van der Waals surface area contributed by atoms with Gasteiger partial charge in [-0.3, -0.25) is 0 Å². The maximum atomic E-state index is 5.80. The van der Waals surface area contributed by atoms with Gasteiger partial charge in [0, 0.05) is 5.54 Å². The fraction of sp³-hybridized carbons (Fsp3) is 0.700. The molecule has 6 heteroatoms. The van der Waals surface area contributed by atoms with Crippen molar-refractivity contribution in [2.24, 2.45) is 0 Å². The van der Waals surface area contributed by atoms with Crippen molar-refractivity contribution in [1.29, 1.82) is 0 Å². The number of rotatable bonds is 5. The van der Waals surface area contributed by atoms with Crippen LogP contribution in [0.3, 0.4) is 0 Å². The van der Waals surface area contributed by atoms with Crippen molar-refractivity contribution in [2.75, 3.05) is 11.9 Å². The number of hydrogen-bond acceptors (Lipinski definition) is 5. The molecule has 1 saturated carbocycles. The van der Waals surface area contributed by atoms with Crippen molar-refractivity contribution in [3.63, 3.8) is 0 Å². The predicted octanol–water partition coefficient (Wildman–Crippen LogP) is 2.28. The molecule has 0 aliphatic heterocycles. The van der Waals surface area contributed by atoms with E-state index in [9.17, 15) is 0 Å². The summed E-state index contributed by atoms with van der Waals surface area (Å²) in [5, 5.41) is 3.38. The molecule has 1 heterocycles. The maximum Gasteiger partial charge on any atom is 0.322 e. The van der Waals surface area contributed by atoms with Crippen LogP contribution in [0.25, 0.3) is 0 Å². The lowest BCUT2D eigenvalue weighted by molar-refractivity contribution is 0.291. The normalized spacial score (nSPS) is 16.9. The SMILES string of the molecule is CCCOc1nc(Cl)nc(NC2(C)CC2)n1. The van der Waals surface area contributed by atoms with Crippen LogP contribution >= 0.6 is 11.6 Å². The molecule has 88 valence electrons. The first-order valence-electron chi connectivity index (χ1n) is 5.44. The lowest BCUT2D eigenvalue weighted by Gasteiger charge is -2.11. The fourth-order valence-electron chi connectivity index (χ4n) is 1.23. The first kappa shape index (κ1) is 11.4. The minimum atomic E-state index is 0.118. The van der Waals surface area contributed by atoms with Crippen LogP contribution in [0.2, 0.25) is 5.28 Å². The summed E-state index contributed by atoms with van der Waals surface area (Å²) in [6, 6.07) is 0.286. The summed E-state index contributed by atoms with van der Waals surface area (Å²) in [7, 11) is 0. The summed E-state index contributed by atoms with van der Waals surface area (Å²) >= 11 is 5.80. The molecule has 0 saturated heterocycles. The molecule has 0 spiro atoms. The number of halogens is 1. The minimum absolute atomic E-state index is 0.118. The van der Waals surface area contributed by atoms with E-state index < -0.39 is 0 Å². The fourth-order valence-corrected chi connectivity index (χ4v) is 1.38. The predicted molar refractivity (Wildman–Crippen MR) is 61.9 cm³/mol. The van der Waals surface area contributed by atoms with E-state index in [1.165, 1.54) is 0 Å². The van der Waals surface area contributed by atoms with E-state index in [1.807, 2.05) is 6.92 Å². The van der Waals surface area contributed by atoms with Gasteiger partial charge in [-0.05, 0) is 37.8 Å². The van der Waals surface area contributed by atoms with Crippen molar-refractivity contribution in [3.8, 4) is 6.01 Å². The molecule has 0 aromatic carbocycles. The highest BCUT2D eigenvalue weighted by molar-refractivity contribution is 6.28. The standard InChI is InChI=1S/C10H15ClN4O/c1-3-6-16-9-13-7(11)12-8(14-9)15-10(2)4-5-10/h3-6H2,1-2H3,(H,12,13,14,15). The highest BCUT2D eigenvalue weighted by atomic mass is 35.5. The zero-order valence-corrected chi connectivity index (χ0v) is 10.2. The topological polar surface area (TPSA) is 59.9 Å². The molecular weight excluding hydrogens is 228 g/mol. The molecule has 5 nitrogen and oxygen atoms in total. The summed E-state index contributed by atoms with van der Waals surface area (Å²) in [4.78, 5) is 12.1. The largest absolute Gasteiger partial charge is 0.463 e. The molecule has 0 amide bonds. The smallest absolute Gasteiger partial charge is 0.322 e. The van der Waals surface area contributed by atoms with Gasteiger partial charge in [-0.25, -0.2) is 0 Å². The number of hydrogen-bond donors (Lipinski definition) is 1. The second-order valence-corrected chi connectivity index (χ2v) is 4.58. The van der Waals surface area contributed by atoms with Gasteiger partial charge in [0.05, 0.1) is 6.61 Å². The van der Waals surface area contributed by atoms with E-state index in [0.29, 0.717) is 12.6 Å². The Morgan fingerprint density at radius 2 is 2.12 bits per heavy atom. The molecular formula is C10H15ClN4O. The second-order valence-electron chi connectivity index (χ2n) is 4.24. The molecule has 1 N–H and O–H groups in total. The van der Waals surface area contributed by atoms with Crippen LogP contribution in [0.15, 0.2) is 0 Å². The average Bonchev–Trinajstić information content (AvgIpc) is 2.92. The van der Waals surface area contributed by atoms with Gasteiger partial charge in [-0.15, -0.1) is 0 Å². The molecule has 1 aromatic rings. The Bertz CT molecular complexity index is 381. The zero-order valence-electron chi connectivity index (χ0n) is 9.46. The lowest BCUT2D eigenvalue weighted by atomic mass is 10.3. The summed E-state index contributed by atoms with van der Waals surface area (Å²) in [5.41, 5.74) is 0.118. The van der Waals surface area contributed by atoms with Crippen LogP contribution in [0, 0.1) is 0 Å². The Balaban J connectivity index is 2.08. The zero-order chi connectivity index (χ0) is 11.6. The number of nitrogens with zero attached hydrogens (tertiary/aromatic N) is 3. The Morgan fingerprint density at radius 3 is 2.75 bits per heavy atom. The maximum absolute atomic E-state index is 5.80. The van der Waals surface area contributed by atoms with Gasteiger partial charge in [0.15, 0.2) is 0 Å². The molecule has 2 rings (SSSR count). The highest BCUT2D eigenvalue weighted by Crippen LogP contribution is 2.37. The van der Waals surface area contributed by atoms with Crippen molar-refractivity contribution in [3.05, 3.63) is 5.28 Å². The van der Waals surface area contributed by atoms with Crippen LogP contribution in [0.4, 0.5) is 5.95 Å². The van der Waals surface area contributed by atoms with Crippen LogP contribution in [0.1, 0.15) is 33.1 Å². The van der Waals surface area contributed by atoms with Crippen molar-refractivity contribution >= 4 is 17.5 Å². The van der Waals surface area contributed by atoms with Crippen LogP contribution in [-0.4, -0.2) is 27.1 Å². The first-order valence-corrected chi connectivity index (χ1v) is 5.82. The Hall–Kier alpha value is -1.10. The summed E-state index contributed by atoms with van der Waals surface area (Å²) < 4.78 is 5.32. The number of nitrogens with one attached hydrogen (secondary N) is 1. The molecule has 1 aliphatic rings. The van der Waals surface area contributed by atoms with E-state index in [2.05, 4.69) is 27.2 Å². The van der Waals surface area contributed by atoms with Gasteiger partial charge in [0.1, 0.15) is 0 Å².